The summed E-state index contributed by atoms with van der Waals surface area (Å²) >= 11 is 1.82. The lowest BCUT2D eigenvalue weighted by molar-refractivity contribution is 1.18. The predicted octanol–water partition coefficient (Wildman–Crippen LogP) is 6.19. The summed E-state index contributed by atoms with van der Waals surface area (Å²) in [5.74, 6) is 0. The van der Waals surface area contributed by atoms with Gasteiger partial charge in [0.05, 0.1) is 16.3 Å². The molecule has 0 fully saturated rings. The smallest absolute Gasteiger partial charge is 0.138 e. The SMILES string of the molecule is Cc1ccn2c(-c3cc4ccccc4s3)c(-c3ccccc3)nc2c1. The highest BCUT2D eigenvalue weighted by Gasteiger charge is 2.17. The summed E-state index contributed by atoms with van der Waals surface area (Å²) in [5, 5.41) is 1.28. The van der Waals surface area contributed by atoms with Gasteiger partial charge in [-0.3, -0.25) is 4.40 Å². The molecule has 0 atom stereocenters. The monoisotopic (exact) mass is 340 g/mol. The van der Waals surface area contributed by atoms with Crippen LogP contribution >= 0.6 is 11.3 Å². The highest BCUT2D eigenvalue weighted by Crippen LogP contribution is 2.39. The first-order valence-electron chi connectivity index (χ1n) is 8.33. The van der Waals surface area contributed by atoms with E-state index >= 15 is 0 Å². The van der Waals surface area contributed by atoms with E-state index in [4.69, 9.17) is 4.98 Å². The van der Waals surface area contributed by atoms with Crippen LogP contribution in [0.2, 0.25) is 0 Å². The van der Waals surface area contributed by atoms with Gasteiger partial charge in [0.15, 0.2) is 0 Å². The molecule has 3 aromatic heterocycles. The van der Waals surface area contributed by atoms with Gasteiger partial charge in [-0.05, 0) is 42.1 Å². The number of thiophene rings is 1. The summed E-state index contributed by atoms with van der Waals surface area (Å²) in [7, 11) is 0. The van der Waals surface area contributed by atoms with Gasteiger partial charge in [0.1, 0.15) is 5.65 Å². The Bertz CT molecular complexity index is 1170. The van der Waals surface area contributed by atoms with Gasteiger partial charge in [-0.1, -0.05) is 48.5 Å². The number of hydrogen-bond donors (Lipinski definition) is 0. The number of imidazole rings is 1. The van der Waals surface area contributed by atoms with Crippen LogP contribution in [-0.2, 0) is 0 Å². The van der Waals surface area contributed by atoms with Crippen molar-refractivity contribution in [2.24, 2.45) is 0 Å². The third-order valence-corrected chi connectivity index (χ3v) is 5.61. The van der Waals surface area contributed by atoms with Gasteiger partial charge in [0.25, 0.3) is 0 Å². The normalized spacial score (nSPS) is 11.4. The second-order valence-electron chi connectivity index (χ2n) is 6.26. The summed E-state index contributed by atoms with van der Waals surface area (Å²) in [6.07, 6.45) is 2.13. The lowest BCUT2D eigenvalue weighted by Gasteiger charge is -2.03. The minimum absolute atomic E-state index is 0.992. The predicted molar refractivity (Wildman–Crippen MR) is 106 cm³/mol. The van der Waals surface area contributed by atoms with Crippen molar-refractivity contribution in [3.8, 4) is 21.8 Å². The third kappa shape index (κ3) is 2.36. The van der Waals surface area contributed by atoms with Crippen LogP contribution in [-0.4, -0.2) is 9.38 Å². The summed E-state index contributed by atoms with van der Waals surface area (Å²) in [4.78, 5) is 6.21. The molecule has 2 nitrogen and oxygen atoms in total. The number of aromatic nitrogens is 2. The fraction of sp³-hybridized carbons (Fsp3) is 0.0455. The average Bonchev–Trinajstić information content (AvgIpc) is 3.22. The fourth-order valence-corrected chi connectivity index (χ4v) is 4.38. The molecular formula is C22H16N2S. The molecule has 2 aromatic carbocycles. The summed E-state index contributed by atoms with van der Waals surface area (Å²) in [6, 6.07) is 25.5. The molecule has 0 saturated heterocycles. The molecule has 0 aliphatic rings. The van der Waals surface area contributed by atoms with E-state index in [1.165, 1.54) is 26.2 Å². The molecule has 5 aromatic rings. The Hall–Kier alpha value is -2.91. The first kappa shape index (κ1) is 14.4. The summed E-state index contributed by atoms with van der Waals surface area (Å²) in [6.45, 7) is 2.11. The van der Waals surface area contributed by atoms with Gasteiger partial charge in [-0.15, -0.1) is 11.3 Å². The van der Waals surface area contributed by atoms with Gasteiger partial charge in [-0.2, -0.15) is 0 Å². The zero-order chi connectivity index (χ0) is 16.8. The van der Waals surface area contributed by atoms with E-state index in [-0.39, 0.29) is 0 Å². The Morgan fingerprint density at radius 3 is 2.52 bits per heavy atom. The summed E-state index contributed by atoms with van der Waals surface area (Å²) < 4.78 is 3.51. The molecule has 0 unspecified atom stereocenters. The molecular weight excluding hydrogens is 324 g/mol. The number of hydrogen-bond acceptors (Lipinski definition) is 2. The van der Waals surface area contributed by atoms with Crippen molar-refractivity contribution >= 4 is 27.1 Å². The Labute approximate surface area is 150 Å². The number of fused-ring (bicyclic) bond motifs is 2. The fourth-order valence-electron chi connectivity index (χ4n) is 3.28. The Balaban J connectivity index is 1.86. The van der Waals surface area contributed by atoms with E-state index in [2.05, 4.69) is 84.3 Å². The molecule has 0 saturated carbocycles. The minimum atomic E-state index is 0.992. The van der Waals surface area contributed by atoms with Crippen molar-refractivity contribution < 1.29 is 0 Å². The van der Waals surface area contributed by atoms with E-state index in [0.29, 0.717) is 0 Å². The molecule has 0 aliphatic heterocycles. The lowest BCUT2D eigenvalue weighted by atomic mass is 10.1. The average molecular weight is 340 g/mol. The maximum absolute atomic E-state index is 4.96. The lowest BCUT2D eigenvalue weighted by Crippen LogP contribution is -1.88. The van der Waals surface area contributed by atoms with Crippen LogP contribution in [0.15, 0.2) is 79.0 Å². The number of rotatable bonds is 2. The van der Waals surface area contributed by atoms with Gasteiger partial charge < -0.3 is 0 Å². The molecule has 3 heteroatoms. The third-order valence-electron chi connectivity index (χ3n) is 4.49. The van der Waals surface area contributed by atoms with Gasteiger partial charge in [0.2, 0.25) is 0 Å². The zero-order valence-electron chi connectivity index (χ0n) is 13.8. The standard InChI is InChI=1S/C22H16N2S/c1-15-11-12-24-20(13-15)23-21(16-7-3-2-4-8-16)22(24)19-14-17-9-5-6-10-18(17)25-19/h2-14H,1H3. The topological polar surface area (TPSA) is 17.3 Å². The van der Waals surface area contributed by atoms with E-state index in [0.717, 1.165) is 16.9 Å². The molecule has 0 aliphatic carbocycles. The first-order chi connectivity index (χ1) is 12.3. The number of aryl methyl sites for hydroxylation is 1. The molecule has 0 N–H and O–H groups in total. The second kappa shape index (κ2) is 5.57. The van der Waals surface area contributed by atoms with Gasteiger partial charge in [-0.25, -0.2) is 4.98 Å². The highest BCUT2D eigenvalue weighted by molar-refractivity contribution is 7.22. The van der Waals surface area contributed by atoms with E-state index in [9.17, 15) is 0 Å². The summed E-state index contributed by atoms with van der Waals surface area (Å²) in [5.41, 5.74) is 5.57. The van der Waals surface area contributed by atoms with Crippen LogP contribution < -0.4 is 0 Å². The number of benzene rings is 2. The van der Waals surface area contributed by atoms with E-state index in [1.54, 1.807) is 0 Å². The van der Waals surface area contributed by atoms with Gasteiger partial charge >= 0.3 is 0 Å². The van der Waals surface area contributed by atoms with Crippen molar-refractivity contribution in [1.29, 1.82) is 0 Å². The minimum Gasteiger partial charge on any atom is -0.298 e. The number of nitrogens with zero attached hydrogens (tertiary/aromatic N) is 2. The Kier molecular flexibility index (Phi) is 3.22. The van der Waals surface area contributed by atoms with Crippen molar-refractivity contribution in [2.45, 2.75) is 6.92 Å². The molecule has 0 radical (unpaired) electrons. The molecule has 25 heavy (non-hydrogen) atoms. The Morgan fingerprint density at radius 1 is 0.880 bits per heavy atom. The van der Waals surface area contributed by atoms with Crippen LogP contribution in [0.1, 0.15) is 5.56 Å². The quantitative estimate of drug-likeness (QED) is 0.374. The van der Waals surface area contributed by atoms with E-state index in [1.807, 2.05) is 17.4 Å². The highest BCUT2D eigenvalue weighted by atomic mass is 32.1. The number of pyridine rings is 1. The van der Waals surface area contributed by atoms with E-state index < -0.39 is 0 Å². The van der Waals surface area contributed by atoms with Gasteiger partial charge in [0, 0.05) is 16.5 Å². The second-order valence-corrected chi connectivity index (χ2v) is 7.34. The largest absolute Gasteiger partial charge is 0.298 e. The van der Waals surface area contributed by atoms with Crippen molar-refractivity contribution in [1.82, 2.24) is 9.38 Å². The van der Waals surface area contributed by atoms with Crippen LogP contribution in [0.25, 0.3) is 37.6 Å². The van der Waals surface area contributed by atoms with Crippen molar-refractivity contribution in [2.75, 3.05) is 0 Å². The molecule has 3 heterocycles. The van der Waals surface area contributed by atoms with Crippen molar-refractivity contribution in [3.63, 3.8) is 0 Å². The van der Waals surface area contributed by atoms with Crippen LogP contribution in [0.5, 0.6) is 0 Å². The molecule has 0 bridgehead atoms. The maximum atomic E-state index is 4.96. The van der Waals surface area contributed by atoms with Crippen LogP contribution in [0.4, 0.5) is 0 Å². The molecule has 120 valence electrons. The molecule has 5 rings (SSSR count). The zero-order valence-corrected chi connectivity index (χ0v) is 14.6. The maximum Gasteiger partial charge on any atom is 0.138 e. The Morgan fingerprint density at radius 2 is 1.68 bits per heavy atom. The molecule has 0 amide bonds. The van der Waals surface area contributed by atoms with Crippen LogP contribution in [0.3, 0.4) is 0 Å². The van der Waals surface area contributed by atoms with Crippen molar-refractivity contribution in [3.05, 3.63) is 84.6 Å². The van der Waals surface area contributed by atoms with Crippen LogP contribution in [0, 0.1) is 6.92 Å². The first-order valence-corrected chi connectivity index (χ1v) is 9.14. The molecule has 0 spiro atoms.